The third kappa shape index (κ3) is 1.59. The molecule has 0 bridgehead atoms. The molecule has 0 aromatic heterocycles. The molecule has 0 aromatic carbocycles. The Kier molecular flexibility index (Phi) is 1.94. The second-order valence-corrected chi connectivity index (χ2v) is 6.21. The van der Waals surface area contributed by atoms with Crippen LogP contribution >= 0.6 is 0 Å². The van der Waals surface area contributed by atoms with E-state index in [4.69, 9.17) is 0 Å². The zero-order chi connectivity index (χ0) is 9.65. The summed E-state index contributed by atoms with van der Waals surface area (Å²) in [5, 5.41) is 3.46. The summed E-state index contributed by atoms with van der Waals surface area (Å²) in [6.45, 7) is 9.12. The molecule has 1 aliphatic carbocycles. The number of hydrogen-bond acceptors (Lipinski definition) is 2. The summed E-state index contributed by atoms with van der Waals surface area (Å²) in [6, 6.07) is 0. The Labute approximate surface area is 87.0 Å². The maximum Gasteiger partial charge on any atom is 0.00507 e. The molecule has 1 N–H and O–H groups in total. The van der Waals surface area contributed by atoms with Crippen LogP contribution in [-0.2, 0) is 0 Å². The van der Waals surface area contributed by atoms with Crippen LogP contribution in [-0.4, -0.2) is 37.6 Å². The molecule has 0 aromatic rings. The summed E-state index contributed by atoms with van der Waals surface area (Å²) in [5.41, 5.74) is 1.45. The van der Waals surface area contributed by atoms with Crippen LogP contribution in [0.3, 0.4) is 0 Å². The van der Waals surface area contributed by atoms with Crippen LogP contribution in [0, 0.1) is 10.8 Å². The first-order valence-electron chi connectivity index (χ1n) is 6.13. The van der Waals surface area contributed by atoms with Crippen molar-refractivity contribution in [2.24, 2.45) is 10.8 Å². The standard InChI is InChI=1S/C12H22N2/c1-11(4-6-13-7-5-11)8-14-9-12(10-14)2-3-12/h13H,2-10H2,1H3. The van der Waals surface area contributed by atoms with Crippen LogP contribution in [0.25, 0.3) is 0 Å². The van der Waals surface area contributed by atoms with Gasteiger partial charge in [0.05, 0.1) is 0 Å². The van der Waals surface area contributed by atoms with Gasteiger partial charge in [0.2, 0.25) is 0 Å². The van der Waals surface area contributed by atoms with Crippen molar-refractivity contribution in [2.45, 2.75) is 32.6 Å². The second kappa shape index (κ2) is 2.96. The van der Waals surface area contributed by atoms with Crippen LogP contribution in [0.2, 0.25) is 0 Å². The normalized spacial score (nSPS) is 34.1. The second-order valence-electron chi connectivity index (χ2n) is 6.21. The van der Waals surface area contributed by atoms with E-state index >= 15 is 0 Å². The van der Waals surface area contributed by atoms with Crippen LogP contribution in [0.5, 0.6) is 0 Å². The topological polar surface area (TPSA) is 15.3 Å². The van der Waals surface area contributed by atoms with Gasteiger partial charge in [0.15, 0.2) is 0 Å². The first-order valence-corrected chi connectivity index (χ1v) is 6.13. The van der Waals surface area contributed by atoms with Gasteiger partial charge < -0.3 is 10.2 Å². The van der Waals surface area contributed by atoms with Gasteiger partial charge >= 0.3 is 0 Å². The number of rotatable bonds is 2. The van der Waals surface area contributed by atoms with Gasteiger partial charge in [-0.15, -0.1) is 0 Å². The highest BCUT2D eigenvalue weighted by Gasteiger charge is 2.52. The van der Waals surface area contributed by atoms with E-state index in [0.717, 1.165) is 5.41 Å². The summed E-state index contributed by atoms with van der Waals surface area (Å²) in [6.07, 6.45) is 5.77. The maximum absolute atomic E-state index is 3.46. The van der Waals surface area contributed by atoms with Gasteiger partial charge in [0, 0.05) is 19.6 Å². The SMILES string of the molecule is CC1(CN2CC3(CC3)C2)CCNCC1. The van der Waals surface area contributed by atoms with Crippen molar-refractivity contribution in [3.8, 4) is 0 Å². The van der Waals surface area contributed by atoms with Crippen molar-refractivity contribution in [2.75, 3.05) is 32.7 Å². The van der Waals surface area contributed by atoms with Crippen LogP contribution < -0.4 is 5.32 Å². The molecule has 2 nitrogen and oxygen atoms in total. The fraction of sp³-hybridized carbons (Fsp3) is 1.00. The highest BCUT2D eigenvalue weighted by atomic mass is 15.2. The van der Waals surface area contributed by atoms with Gasteiger partial charge in [-0.2, -0.15) is 0 Å². The van der Waals surface area contributed by atoms with E-state index in [-0.39, 0.29) is 0 Å². The molecular formula is C12H22N2. The van der Waals surface area contributed by atoms with E-state index in [1.165, 1.54) is 58.4 Å². The maximum atomic E-state index is 3.46. The summed E-state index contributed by atoms with van der Waals surface area (Å²) in [5.74, 6) is 0. The average Bonchev–Trinajstić information content (AvgIpc) is 2.84. The monoisotopic (exact) mass is 194 g/mol. The van der Waals surface area contributed by atoms with Crippen molar-refractivity contribution in [1.82, 2.24) is 10.2 Å². The fourth-order valence-electron chi connectivity index (χ4n) is 3.24. The first-order chi connectivity index (χ1) is 6.70. The molecule has 0 radical (unpaired) electrons. The van der Waals surface area contributed by atoms with Crippen molar-refractivity contribution < 1.29 is 0 Å². The predicted octanol–water partition coefficient (Wildman–Crippen LogP) is 1.47. The minimum atomic E-state index is 0.613. The molecule has 2 saturated heterocycles. The highest BCUT2D eigenvalue weighted by molar-refractivity contribution is 5.06. The number of nitrogens with one attached hydrogen (secondary N) is 1. The van der Waals surface area contributed by atoms with Gasteiger partial charge in [0.1, 0.15) is 0 Å². The van der Waals surface area contributed by atoms with Crippen LogP contribution in [0.1, 0.15) is 32.6 Å². The van der Waals surface area contributed by atoms with Crippen molar-refractivity contribution in [1.29, 1.82) is 0 Å². The summed E-state index contributed by atoms with van der Waals surface area (Å²) < 4.78 is 0. The molecule has 0 unspecified atom stereocenters. The molecule has 3 rings (SSSR count). The lowest BCUT2D eigenvalue weighted by Crippen LogP contribution is -2.53. The van der Waals surface area contributed by atoms with Gasteiger partial charge in [0.25, 0.3) is 0 Å². The zero-order valence-corrected chi connectivity index (χ0v) is 9.31. The summed E-state index contributed by atoms with van der Waals surface area (Å²) in [4.78, 5) is 2.69. The van der Waals surface area contributed by atoms with E-state index in [0.29, 0.717) is 5.41 Å². The quantitative estimate of drug-likeness (QED) is 0.716. The highest BCUT2D eigenvalue weighted by Crippen LogP contribution is 2.53. The largest absolute Gasteiger partial charge is 0.317 e. The molecule has 14 heavy (non-hydrogen) atoms. The third-order valence-corrected chi connectivity index (χ3v) is 4.49. The first kappa shape index (κ1) is 9.17. The smallest absolute Gasteiger partial charge is 0.00507 e. The fourth-order valence-corrected chi connectivity index (χ4v) is 3.24. The van der Waals surface area contributed by atoms with Gasteiger partial charge in [-0.25, -0.2) is 0 Å². The Morgan fingerprint density at radius 1 is 1.07 bits per heavy atom. The van der Waals surface area contributed by atoms with Gasteiger partial charge in [-0.05, 0) is 49.6 Å². The van der Waals surface area contributed by atoms with Crippen LogP contribution in [0.4, 0.5) is 0 Å². The molecule has 80 valence electrons. The summed E-state index contributed by atoms with van der Waals surface area (Å²) in [7, 11) is 0. The molecule has 3 aliphatic rings. The molecule has 2 aliphatic heterocycles. The minimum Gasteiger partial charge on any atom is -0.317 e. The summed E-state index contributed by atoms with van der Waals surface area (Å²) >= 11 is 0. The Morgan fingerprint density at radius 3 is 2.29 bits per heavy atom. The Bertz CT molecular complexity index is 218. The van der Waals surface area contributed by atoms with Gasteiger partial charge in [-0.1, -0.05) is 6.92 Å². The minimum absolute atomic E-state index is 0.613. The lowest BCUT2D eigenvalue weighted by Gasteiger charge is -2.46. The lowest BCUT2D eigenvalue weighted by molar-refractivity contribution is 0.0266. The molecule has 0 atom stereocenters. The average molecular weight is 194 g/mol. The number of nitrogens with zero attached hydrogens (tertiary/aromatic N) is 1. The van der Waals surface area contributed by atoms with Gasteiger partial charge in [-0.3, -0.25) is 0 Å². The molecule has 3 fully saturated rings. The number of piperidine rings is 1. The van der Waals surface area contributed by atoms with Crippen LogP contribution in [0.15, 0.2) is 0 Å². The van der Waals surface area contributed by atoms with E-state index in [9.17, 15) is 0 Å². The predicted molar refractivity (Wildman–Crippen MR) is 58.3 cm³/mol. The molecule has 2 heteroatoms. The lowest BCUT2D eigenvalue weighted by atomic mass is 9.79. The van der Waals surface area contributed by atoms with E-state index in [1.807, 2.05) is 0 Å². The molecular weight excluding hydrogens is 172 g/mol. The van der Waals surface area contributed by atoms with Crippen molar-refractivity contribution in [3.63, 3.8) is 0 Å². The number of hydrogen-bond donors (Lipinski definition) is 1. The van der Waals surface area contributed by atoms with E-state index in [2.05, 4.69) is 17.1 Å². The van der Waals surface area contributed by atoms with Crippen molar-refractivity contribution in [3.05, 3.63) is 0 Å². The number of likely N-dealkylation sites (tertiary alicyclic amines) is 1. The van der Waals surface area contributed by atoms with Crippen molar-refractivity contribution >= 4 is 0 Å². The molecule has 2 heterocycles. The Balaban J connectivity index is 1.51. The molecule has 1 spiro atoms. The van der Waals surface area contributed by atoms with E-state index < -0.39 is 0 Å². The molecule has 1 saturated carbocycles. The third-order valence-electron chi connectivity index (χ3n) is 4.49. The zero-order valence-electron chi connectivity index (χ0n) is 9.31. The Morgan fingerprint density at radius 2 is 1.71 bits per heavy atom. The Hall–Kier alpha value is -0.0800. The molecule has 0 amide bonds. The van der Waals surface area contributed by atoms with E-state index in [1.54, 1.807) is 0 Å².